The molecule has 0 radical (unpaired) electrons. The predicted octanol–water partition coefficient (Wildman–Crippen LogP) is 7.46. The maximum atomic E-state index is 7.99. The van der Waals surface area contributed by atoms with E-state index in [4.69, 9.17) is 10.4 Å². The molecule has 6 nitrogen and oxygen atoms in total. The van der Waals surface area contributed by atoms with E-state index in [0.717, 1.165) is 59.9 Å². The van der Waals surface area contributed by atoms with Crippen molar-refractivity contribution in [3.05, 3.63) is 89.6 Å². The molecular weight excluding hydrogens is 504 g/mol. The zero-order valence-corrected chi connectivity index (χ0v) is 26.2. The molecule has 4 N–H and O–H groups in total. The minimum Gasteiger partial charge on any atom is -0.386 e. The van der Waals surface area contributed by atoms with Crippen LogP contribution in [0.1, 0.15) is 70.9 Å². The lowest BCUT2D eigenvalue weighted by atomic mass is 9.97. The smallest absolute Gasteiger partial charge is 0.0578 e. The van der Waals surface area contributed by atoms with Crippen LogP contribution in [-0.2, 0) is 6.42 Å². The molecule has 1 aliphatic carbocycles. The summed E-state index contributed by atoms with van der Waals surface area (Å²) in [5.41, 5.74) is 11.4. The zero-order valence-electron chi connectivity index (χ0n) is 26.2. The van der Waals surface area contributed by atoms with Crippen molar-refractivity contribution in [1.29, 1.82) is 5.41 Å². The molecule has 6 heteroatoms. The van der Waals surface area contributed by atoms with Crippen LogP contribution < -0.4 is 16.0 Å². The van der Waals surface area contributed by atoms with Crippen LogP contribution in [0.25, 0.3) is 5.70 Å². The van der Waals surface area contributed by atoms with Crippen LogP contribution in [0, 0.1) is 11.3 Å². The number of hydrogen-bond acceptors (Lipinski definition) is 6. The third kappa shape index (κ3) is 11.0. The van der Waals surface area contributed by atoms with Crippen molar-refractivity contribution >= 4 is 23.3 Å². The van der Waals surface area contributed by atoms with Crippen LogP contribution in [0.3, 0.4) is 0 Å². The Morgan fingerprint density at radius 2 is 1.95 bits per heavy atom. The van der Waals surface area contributed by atoms with Crippen LogP contribution in [0.4, 0.5) is 5.69 Å². The highest BCUT2D eigenvalue weighted by Gasteiger charge is 2.18. The monoisotopic (exact) mass is 556 g/mol. The van der Waals surface area contributed by atoms with E-state index in [1.807, 2.05) is 40.2 Å². The predicted molar refractivity (Wildman–Crippen MR) is 180 cm³/mol. The third-order valence-electron chi connectivity index (χ3n) is 7.32. The van der Waals surface area contributed by atoms with E-state index in [0.29, 0.717) is 5.92 Å². The van der Waals surface area contributed by atoms with Gasteiger partial charge in [0.25, 0.3) is 0 Å². The van der Waals surface area contributed by atoms with Gasteiger partial charge in [0, 0.05) is 80.1 Å². The number of benzene rings is 1. The summed E-state index contributed by atoms with van der Waals surface area (Å²) >= 11 is 0. The van der Waals surface area contributed by atoms with Gasteiger partial charge >= 0.3 is 0 Å². The van der Waals surface area contributed by atoms with Crippen LogP contribution >= 0.6 is 0 Å². The lowest BCUT2D eigenvalue weighted by molar-refractivity contribution is 0.562. The Bertz CT molecular complexity index is 1190. The van der Waals surface area contributed by atoms with E-state index in [9.17, 15) is 0 Å². The van der Waals surface area contributed by atoms with Gasteiger partial charge in [-0.15, -0.1) is 12.3 Å². The topological polar surface area (TPSA) is 75.5 Å². The number of rotatable bonds is 17. The summed E-state index contributed by atoms with van der Waals surface area (Å²) in [7, 11) is 4.08. The molecule has 0 heterocycles. The normalized spacial score (nSPS) is 15.7. The minimum atomic E-state index is 0.189. The molecular formula is C35H52N6. The second-order valence-corrected chi connectivity index (χ2v) is 10.9. The molecule has 0 bridgehead atoms. The fourth-order valence-electron chi connectivity index (χ4n) is 5.09. The molecule has 0 saturated heterocycles. The molecule has 1 aromatic rings. The van der Waals surface area contributed by atoms with E-state index in [-0.39, 0.29) is 6.04 Å². The van der Waals surface area contributed by atoms with Crippen molar-refractivity contribution in [1.82, 2.24) is 15.5 Å². The first-order valence-electron chi connectivity index (χ1n) is 15.0. The van der Waals surface area contributed by atoms with Gasteiger partial charge in [0.05, 0.1) is 5.70 Å². The van der Waals surface area contributed by atoms with Gasteiger partial charge in [0.1, 0.15) is 0 Å². The van der Waals surface area contributed by atoms with Crippen molar-refractivity contribution in [2.75, 3.05) is 32.5 Å². The van der Waals surface area contributed by atoms with Crippen molar-refractivity contribution in [2.45, 2.75) is 72.3 Å². The molecule has 1 atom stereocenters. The quantitative estimate of drug-likeness (QED) is 0.0695. The third-order valence-corrected chi connectivity index (χ3v) is 7.32. The molecule has 0 spiro atoms. The maximum absolute atomic E-state index is 7.99. The molecule has 0 amide bonds. The van der Waals surface area contributed by atoms with Crippen LogP contribution in [-0.4, -0.2) is 50.1 Å². The molecule has 1 aliphatic rings. The standard InChI is InChI=1S/C35H52N6/c1-9-15-30-18-19-33(21-34(30)35(37-12-4)25-41(7)8)39-24-32(11-3)38-23-31(22-36)27(6)40-26(5)20-28(10-2)29-16-13-14-17-29/h9,18-23,25,29,32,36-39H,1-2,11-17,24H2,3-8H3/b26-20+,31-23+,35-25-,36-22?,40-27+. The van der Waals surface area contributed by atoms with E-state index < -0.39 is 0 Å². The summed E-state index contributed by atoms with van der Waals surface area (Å²) in [5, 5.41) is 18.6. The first-order chi connectivity index (χ1) is 19.8. The van der Waals surface area contributed by atoms with E-state index in [2.05, 4.69) is 84.1 Å². The molecule has 1 fully saturated rings. The van der Waals surface area contributed by atoms with Crippen LogP contribution in [0.15, 0.2) is 83.5 Å². The van der Waals surface area contributed by atoms with Crippen molar-refractivity contribution in [3.63, 3.8) is 0 Å². The van der Waals surface area contributed by atoms with Gasteiger partial charge in [-0.2, -0.15) is 0 Å². The number of nitrogens with one attached hydrogen (secondary N) is 4. The Kier molecular flexibility index (Phi) is 14.5. The second kappa shape index (κ2) is 17.8. The highest BCUT2D eigenvalue weighted by atomic mass is 15.1. The first kappa shape index (κ1) is 33.4. The molecule has 41 heavy (non-hydrogen) atoms. The summed E-state index contributed by atoms with van der Waals surface area (Å²) in [5.74, 6) is 0.544. The van der Waals surface area contributed by atoms with E-state index in [1.54, 1.807) is 0 Å². The first-order valence-corrected chi connectivity index (χ1v) is 15.0. The summed E-state index contributed by atoms with van der Waals surface area (Å²) < 4.78 is 0. The Morgan fingerprint density at radius 3 is 2.54 bits per heavy atom. The molecule has 2 rings (SSSR count). The Morgan fingerprint density at radius 1 is 1.22 bits per heavy atom. The van der Waals surface area contributed by atoms with Crippen molar-refractivity contribution in [2.24, 2.45) is 10.9 Å². The average Bonchev–Trinajstić information content (AvgIpc) is 3.49. The average molecular weight is 557 g/mol. The van der Waals surface area contributed by atoms with Crippen LogP contribution in [0.2, 0.25) is 0 Å². The maximum Gasteiger partial charge on any atom is 0.0578 e. The summed E-state index contributed by atoms with van der Waals surface area (Å²) in [6.07, 6.45) is 16.2. The van der Waals surface area contributed by atoms with E-state index in [1.165, 1.54) is 43.0 Å². The fraction of sp³-hybridized carbons (Fsp3) is 0.457. The lowest BCUT2D eigenvalue weighted by Crippen LogP contribution is -2.32. The number of aliphatic imine (C=N–C) groups is 1. The molecule has 1 unspecified atom stereocenters. The largest absolute Gasteiger partial charge is 0.386 e. The highest BCUT2D eigenvalue weighted by Crippen LogP contribution is 2.31. The second-order valence-electron chi connectivity index (χ2n) is 10.9. The molecule has 1 saturated carbocycles. The highest BCUT2D eigenvalue weighted by molar-refractivity contribution is 6.14. The Balaban J connectivity index is 2.15. The Hall–Kier alpha value is -3.76. The van der Waals surface area contributed by atoms with Gasteiger partial charge in [0.15, 0.2) is 0 Å². The van der Waals surface area contributed by atoms with Gasteiger partial charge in [-0.25, -0.2) is 0 Å². The fourth-order valence-corrected chi connectivity index (χ4v) is 5.09. The molecule has 222 valence electrons. The molecule has 1 aromatic carbocycles. The Labute approximate surface area is 249 Å². The minimum absolute atomic E-state index is 0.189. The van der Waals surface area contributed by atoms with Gasteiger partial charge in [-0.3, -0.25) is 4.99 Å². The molecule has 0 aromatic heterocycles. The molecule has 0 aliphatic heterocycles. The number of anilines is 1. The number of nitrogens with zero attached hydrogens (tertiary/aromatic N) is 2. The zero-order chi connectivity index (χ0) is 30.2. The van der Waals surface area contributed by atoms with E-state index >= 15 is 0 Å². The number of hydrogen-bond donors (Lipinski definition) is 4. The van der Waals surface area contributed by atoms with Crippen molar-refractivity contribution < 1.29 is 0 Å². The number of allylic oxidation sites excluding steroid dienone is 5. The lowest BCUT2D eigenvalue weighted by Gasteiger charge is -2.20. The van der Waals surface area contributed by atoms with Crippen molar-refractivity contribution in [3.8, 4) is 0 Å². The van der Waals surface area contributed by atoms with Gasteiger partial charge < -0.3 is 26.3 Å². The van der Waals surface area contributed by atoms with Gasteiger partial charge in [-0.1, -0.05) is 38.5 Å². The summed E-state index contributed by atoms with van der Waals surface area (Å²) in [6, 6.07) is 6.72. The van der Waals surface area contributed by atoms with Crippen LogP contribution in [0.5, 0.6) is 0 Å². The summed E-state index contributed by atoms with van der Waals surface area (Å²) in [6.45, 7) is 17.7. The SMILES string of the molecule is C=C=C(/C=C(C)/N=C(C)/C(C=N)=C/NC(CC)CNc1ccc(CC=C)c(/C(=C/N(C)C)NCC)c1)C1CCCC1. The van der Waals surface area contributed by atoms with Gasteiger partial charge in [-0.05, 0) is 81.7 Å². The summed E-state index contributed by atoms with van der Waals surface area (Å²) in [4.78, 5) is 6.84. The van der Waals surface area contributed by atoms with Gasteiger partial charge in [0.2, 0.25) is 0 Å².